The zero-order valence-corrected chi connectivity index (χ0v) is 21.6. The van der Waals surface area contributed by atoms with E-state index in [4.69, 9.17) is 4.89 Å². The lowest BCUT2D eigenvalue weighted by atomic mass is 9.64. The lowest BCUT2D eigenvalue weighted by molar-refractivity contribution is -0.206. The molecule has 0 fully saturated rings. The van der Waals surface area contributed by atoms with Crippen molar-refractivity contribution in [2.75, 3.05) is 13.2 Å². The molecular formula is C23H47NO5P+. The second-order valence-corrected chi connectivity index (χ2v) is 10.6. The first-order chi connectivity index (χ1) is 13.9. The molecule has 0 aliphatic rings. The zero-order chi connectivity index (χ0) is 23.4. The van der Waals surface area contributed by atoms with Gasteiger partial charge in [-0.3, -0.25) is 4.79 Å². The Morgan fingerprint density at radius 1 is 1.03 bits per heavy atom. The molecule has 0 heterocycles. The molecule has 0 saturated heterocycles. The normalized spacial score (nSPS) is 17.7. The Bertz CT molecular complexity index is 526. The number of rotatable bonds is 17. The van der Waals surface area contributed by atoms with Gasteiger partial charge in [0.1, 0.15) is 6.61 Å². The molecule has 0 aromatic rings. The second kappa shape index (κ2) is 13.8. The molecule has 4 atom stereocenters. The van der Waals surface area contributed by atoms with Crippen molar-refractivity contribution in [2.24, 2.45) is 22.2 Å². The van der Waals surface area contributed by atoms with Gasteiger partial charge in [0.2, 0.25) is 5.91 Å². The van der Waals surface area contributed by atoms with Crippen molar-refractivity contribution in [3.8, 4) is 0 Å². The minimum Gasteiger partial charge on any atom is -0.354 e. The van der Waals surface area contributed by atoms with E-state index in [-0.39, 0.29) is 29.9 Å². The molecule has 0 rings (SSSR count). The predicted molar refractivity (Wildman–Crippen MR) is 123 cm³/mol. The van der Waals surface area contributed by atoms with Crippen molar-refractivity contribution >= 4 is 14.2 Å². The number of nitrogens with one attached hydrogen (secondary N) is 1. The van der Waals surface area contributed by atoms with Crippen LogP contribution >= 0.6 is 8.25 Å². The summed E-state index contributed by atoms with van der Waals surface area (Å²) in [7, 11) is -2.78. The van der Waals surface area contributed by atoms with Gasteiger partial charge in [-0.25, -0.2) is 0 Å². The monoisotopic (exact) mass is 448 g/mol. The molecule has 2 N–H and O–H groups in total. The second-order valence-electron chi connectivity index (χ2n) is 9.97. The summed E-state index contributed by atoms with van der Waals surface area (Å²) in [5.41, 5.74) is 0.547. The molecule has 0 radical (unpaired) electrons. The van der Waals surface area contributed by atoms with Crippen LogP contribution in [0.15, 0.2) is 0 Å². The van der Waals surface area contributed by atoms with Gasteiger partial charge >= 0.3 is 8.25 Å². The third kappa shape index (κ3) is 10.7. The van der Waals surface area contributed by atoms with Crippen LogP contribution in [0.25, 0.3) is 0 Å². The van der Waals surface area contributed by atoms with Crippen LogP contribution < -0.4 is 5.32 Å². The maximum Gasteiger partial charge on any atom is 0.725 e. The van der Waals surface area contributed by atoms with Gasteiger partial charge in [0, 0.05) is 17.5 Å². The Balaban J connectivity index is 4.80. The van der Waals surface area contributed by atoms with Gasteiger partial charge < -0.3 is 5.32 Å². The minimum absolute atomic E-state index is 0.0206. The van der Waals surface area contributed by atoms with E-state index >= 15 is 0 Å². The van der Waals surface area contributed by atoms with Crippen LogP contribution in [0.3, 0.4) is 0 Å². The van der Waals surface area contributed by atoms with E-state index in [0.29, 0.717) is 17.8 Å². The minimum atomic E-state index is -2.78. The summed E-state index contributed by atoms with van der Waals surface area (Å²) in [4.78, 5) is 25.5. The van der Waals surface area contributed by atoms with Crippen LogP contribution in [0.5, 0.6) is 0 Å². The van der Waals surface area contributed by atoms with Crippen molar-refractivity contribution in [2.45, 2.75) is 107 Å². The number of amides is 1. The van der Waals surface area contributed by atoms with Gasteiger partial charge in [-0.15, -0.1) is 4.89 Å². The fourth-order valence-electron chi connectivity index (χ4n) is 4.36. The SMILES string of the molecule is CCC(C)(CCC(C)C(C)(CC)CC)CC(C)(CC)CC(=O)NCCOO[P+](=O)O. The molecule has 30 heavy (non-hydrogen) atoms. The van der Waals surface area contributed by atoms with E-state index in [9.17, 15) is 9.36 Å². The van der Waals surface area contributed by atoms with Gasteiger partial charge in [0.15, 0.2) is 0 Å². The molecule has 0 saturated carbocycles. The lowest BCUT2D eigenvalue weighted by Gasteiger charge is -2.41. The standard InChI is InChI=1S/C23H46NO5P/c1-9-21(6,14-13-19(5)23(8,11-3)12-4)18-22(7,10-2)17-20(25)24-15-16-28-29-30(26)27/h19H,9-18H2,1-8H3,(H-,24,25,26,27)/p+1. The van der Waals surface area contributed by atoms with E-state index in [1.54, 1.807) is 0 Å². The third-order valence-electron chi connectivity index (χ3n) is 7.76. The summed E-state index contributed by atoms with van der Waals surface area (Å²) in [6, 6.07) is 0. The third-order valence-corrected chi connectivity index (χ3v) is 7.99. The molecule has 4 unspecified atom stereocenters. The summed E-state index contributed by atoms with van der Waals surface area (Å²) in [6.45, 7) is 18.7. The largest absolute Gasteiger partial charge is 0.725 e. The van der Waals surface area contributed by atoms with Crippen molar-refractivity contribution in [3.05, 3.63) is 0 Å². The first kappa shape index (κ1) is 29.5. The van der Waals surface area contributed by atoms with Crippen LogP contribution in [0, 0.1) is 22.2 Å². The van der Waals surface area contributed by atoms with Crippen LogP contribution in [-0.4, -0.2) is 24.0 Å². The average Bonchev–Trinajstić information content (AvgIpc) is 2.70. The Morgan fingerprint density at radius 3 is 2.07 bits per heavy atom. The van der Waals surface area contributed by atoms with Crippen LogP contribution in [0.1, 0.15) is 107 Å². The van der Waals surface area contributed by atoms with Gasteiger partial charge in [-0.2, -0.15) is 4.89 Å². The first-order valence-electron chi connectivity index (χ1n) is 11.6. The van der Waals surface area contributed by atoms with Crippen molar-refractivity contribution in [1.29, 1.82) is 0 Å². The highest BCUT2D eigenvalue weighted by Gasteiger charge is 2.36. The summed E-state index contributed by atoms with van der Waals surface area (Å²) < 4.78 is 14.5. The van der Waals surface area contributed by atoms with E-state index in [1.807, 2.05) is 0 Å². The highest BCUT2D eigenvalue weighted by molar-refractivity contribution is 7.31. The Hall–Kier alpha value is -0.550. The molecule has 1 amide bonds. The lowest BCUT2D eigenvalue weighted by Crippen LogP contribution is -2.35. The van der Waals surface area contributed by atoms with Crippen LogP contribution in [0.4, 0.5) is 0 Å². The van der Waals surface area contributed by atoms with Crippen LogP contribution in [0.2, 0.25) is 0 Å². The Labute approximate surface area is 185 Å². The quantitative estimate of drug-likeness (QED) is 0.114. The van der Waals surface area contributed by atoms with Gasteiger partial charge in [0.25, 0.3) is 0 Å². The molecule has 6 nitrogen and oxygen atoms in total. The maximum absolute atomic E-state index is 12.4. The fourth-order valence-corrected chi connectivity index (χ4v) is 4.52. The summed E-state index contributed by atoms with van der Waals surface area (Å²) in [5, 5.41) is 2.82. The molecule has 178 valence electrons. The summed E-state index contributed by atoms with van der Waals surface area (Å²) >= 11 is 0. The molecular weight excluding hydrogens is 401 g/mol. The van der Waals surface area contributed by atoms with E-state index < -0.39 is 8.25 Å². The highest BCUT2D eigenvalue weighted by atomic mass is 31.1. The number of hydrogen-bond acceptors (Lipinski definition) is 4. The van der Waals surface area contributed by atoms with Crippen molar-refractivity contribution in [3.63, 3.8) is 0 Å². The molecule has 0 spiro atoms. The summed E-state index contributed by atoms with van der Waals surface area (Å²) in [5.74, 6) is 0.665. The summed E-state index contributed by atoms with van der Waals surface area (Å²) in [6.07, 6.45) is 8.36. The smallest absolute Gasteiger partial charge is 0.354 e. The first-order valence-corrected chi connectivity index (χ1v) is 12.7. The highest BCUT2D eigenvalue weighted by Crippen LogP contribution is 2.46. The molecule has 0 aromatic carbocycles. The van der Waals surface area contributed by atoms with Gasteiger partial charge in [-0.05, 0) is 41.4 Å². The maximum atomic E-state index is 12.4. The molecule has 0 aliphatic carbocycles. The number of carbonyl (C=O) groups excluding carboxylic acids is 1. The molecule has 0 bridgehead atoms. The van der Waals surface area contributed by atoms with Gasteiger partial charge in [0.05, 0.1) is 4.67 Å². The molecule has 0 aromatic heterocycles. The Kier molecular flexibility index (Phi) is 13.5. The van der Waals surface area contributed by atoms with Crippen molar-refractivity contribution < 1.29 is 23.8 Å². The predicted octanol–water partition coefficient (Wildman–Crippen LogP) is 6.56. The van der Waals surface area contributed by atoms with Gasteiger partial charge in [-0.1, -0.05) is 81.1 Å². The number of hydrogen-bond donors (Lipinski definition) is 2. The molecule has 7 heteroatoms. The van der Waals surface area contributed by atoms with Crippen molar-refractivity contribution in [1.82, 2.24) is 5.32 Å². The number of carbonyl (C=O) groups is 1. The van der Waals surface area contributed by atoms with Crippen LogP contribution in [-0.2, 0) is 18.9 Å². The average molecular weight is 449 g/mol. The Morgan fingerprint density at radius 2 is 1.60 bits per heavy atom. The molecule has 0 aliphatic heterocycles. The fraction of sp³-hybridized carbons (Fsp3) is 0.957. The van der Waals surface area contributed by atoms with E-state index in [1.165, 1.54) is 25.7 Å². The topological polar surface area (TPSA) is 84.9 Å². The zero-order valence-electron chi connectivity index (χ0n) is 20.7. The van der Waals surface area contributed by atoms with E-state index in [0.717, 1.165) is 19.3 Å². The van der Waals surface area contributed by atoms with E-state index in [2.05, 4.69) is 70.3 Å².